The van der Waals surface area contributed by atoms with Crippen LogP contribution in [0.4, 0.5) is 13.2 Å². The quantitative estimate of drug-likeness (QED) is 0.749. The normalized spacial score (nSPS) is 20.6. The monoisotopic (exact) mass is 252 g/mol. The van der Waals surface area contributed by atoms with Gasteiger partial charge in [-0.25, -0.2) is 0 Å². The molecule has 1 rings (SSSR count). The molecule has 0 aromatic rings. The van der Waals surface area contributed by atoms with Gasteiger partial charge in [-0.05, 0) is 38.8 Å². The molecule has 1 aliphatic rings. The zero-order valence-electron chi connectivity index (χ0n) is 10.8. The fourth-order valence-electron chi connectivity index (χ4n) is 1.94. The number of hydrogen-bond donors (Lipinski definition) is 1. The Kier molecular flexibility index (Phi) is 5.25. The minimum atomic E-state index is -4.10. The van der Waals surface area contributed by atoms with Crippen molar-refractivity contribution in [3.8, 4) is 0 Å². The lowest BCUT2D eigenvalue weighted by Crippen LogP contribution is -2.45. The van der Waals surface area contributed by atoms with E-state index in [1.165, 1.54) is 17.7 Å². The first-order valence-corrected chi connectivity index (χ1v) is 6.37. The molecular formula is C12H23F3N2. The summed E-state index contributed by atoms with van der Waals surface area (Å²) in [4.78, 5) is 1.50. The predicted octanol–water partition coefficient (Wildman–Crippen LogP) is 2.65. The van der Waals surface area contributed by atoms with Gasteiger partial charge in [0, 0.05) is 12.1 Å². The maximum atomic E-state index is 12.4. The van der Waals surface area contributed by atoms with E-state index in [4.69, 9.17) is 0 Å². The molecule has 1 saturated carbocycles. The maximum absolute atomic E-state index is 12.4. The van der Waals surface area contributed by atoms with Crippen LogP contribution in [-0.4, -0.2) is 42.8 Å². The topological polar surface area (TPSA) is 15.3 Å². The summed E-state index contributed by atoms with van der Waals surface area (Å²) in [5.41, 5.74) is 0. The number of nitrogens with one attached hydrogen (secondary N) is 1. The number of nitrogens with zero attached hydrogens (tertiary/aromatic N) is 1. The molecule has 1 fully saturated rings. The standard InChI is InChI=1S/C12H23F3N2/c1-4-17(8-12(13,14)15)10(3)9(2)7-16-11-5-6-11/h9-11,16H,4-8H2,1-3H3. The van der Waals surface area contributed by atoms with Crippen molar-refractivity contribution in [1.29, 1.82) is 0 Å². The first kappa shape index (κ1) is 14.8. The molecule has 17 heavy (non-hydrogen) atoms. The third-order valence-electron chi connectivity index (χ3n) is 3.49. The molecule has 0 bridgehead atoms. The lowest BCUT2D eigenvalue weighted by molar-refractivity contribution is -0.151. The highest BCUT2D eigenvalue weighted by atomic mass is 19.4. The van der Waals surface area contributed by atoms with Gasteiger partial charge >= 0.3 is 6.18 Å². The van der Waals surface area contributed by atoms with Gasteiger partial charge in [0.1, 0.15) is 0 Å². The van der Waals surface area contributed by atoms with Crippen LogP contribution < -0.4 is 5.32 Å². The minimum Gasteiger partial charge on any atom is -0.314 e. The van der Waals surface area contributed by atoms with Crippen LogP contribution in [0.25, 0.3) is 0 Å². The van der Waals surface area contributed by atoms with Crippen LogP contribution in [0, 0.1) is 5.92 Å². The van der Waals surface area contributed by atoms with Crippen molar-refractivity contribution < 1.29 is 13.2 Å². The van der Waals surface area contributed by atoms with Crippen LogP contribution in [0.1, 0.15) is 33.6 Å². The molecule has 2 nitrogen and oxygen atoms in total. The highest BCUT2D eigenvalue weighted by Gasteiger charge is 2.33. The largest absolute Gasteiger partial charge is 0.401 e. The molecule has 0 aromatic heterocycles. The Balaban J connectivity index is 2.36. The van der Waals surface area contributed by atoms with Crippen LogP contribution in [0.15, 0.2) is 0 Å². The van der Waals surface area contributed by atoms with Crippen molar-refractivity contribution in [3.05, 3.63) is 0 Å². The lowest BCUT2D eigenvalue weighted by atomic mass is 10.0. The average molecular weight is 252 g/mol. The van der Waals surface area contributed by atoms with Crippen molar-refractivity contribution in [2.45, 2.75) is 51.9 Å². The summed E-state index contributed by atoms with van der Waals surface area (Å²) in [5.74, 6) is 0.234. The second kappa shape index (κ2) is 6.05. The summed E-state index contributed by atoms with van der Waals surface area (Å²) in [7, 11) is 0. The molecule has 2 atom stereocenters. The fourth-order valence-corrected chi connectivity index (χ4v) is 1.94. The Hall–Kier alpha value is -0.290. The first-order chi connectivity index (χ1) is 7.83. The molecule has 5 heteroatoms. The Morgan fingerprint density at radius 3 is 2.29 bits per heavy atom. The van der Waals surface area contributed by atoms with E-state index >= 15 is 0 Å². The Morgan fingerprint density at radius 1 is 1.29 bits per heavy atom. The number of rotatable bonds is 7. The molecule has 0 radical (unpaired) electrons. The molecule has 2 unspecified atom stereocenters. The SMILES string of the molecule is CCN(CC(F)(F)F)C(C)C(C)CNC1CC1. The van der Waals surface area contributed by atoms with Crippen molar-refractivity contribution >= 4 is 0 Å². The lowest BCUT2D eigenvalue weighted by Gasteiger charge is -2.33. The van der Waals surface area contributed by atoms with Crippen LogP contribution in [0.2, 0.25) is 0 Å². The van der Waals surface area contributed by atoms with Gasteiger partial charge in [0.25, 0.3) is 0 Å². The van der Waals surface area contributed by atoms with Gasteiger partial charge in [0.15, 0.2) is 0 Å². The first-order valence-electron chi connectivity index (χ1n) is 6.37. The molecule has 1 N–H and O–H groups in total. The van der Waals surface area contributed by atoms with Crippen molar-refractivity contribution in [3.63, 3.8) is 0 Å². The molecule has 0 amide bonds. The van der Waals surface area contributed by atoms with E-state index < -0.39 is 12.7 Å². The maximum Gasteiger partial charge on any atom is 0.401 e. The predicted molar refractivity (Wildman–Crippen MR) is 63.0 cm³/mol. The van der Waals surface area contributed by atoms with E-state index in [-0.39, 0.29) is 12.0 Å². The molecule has 0 spiro atoms. The van der Waals surface area contributed by atoms with Gasteiger partial charge < -0.3 is 5.32 Å². The summed E-state index contributed by atoms with van der Waals surface area (Å²) < 4.78 is 37.1. The van der Waals surface area contributed by atoms with Crippen LogP contribution >= 0.6 is 0 Å². The van der Waals surface area contributed by atoms with Gasteiger partial charge in [-0.3, -0.25) is 4.90 Å². The van der Waals surface area contributed by atoms with Gasteiger partial charge in [-0.2, -0.15) is 13.2 Å². The highest BCUT2D eigenvalue weighted by Crippen LogP contribution is 2.22. The second-order valence-electron chi connectivity index (χ2n) is 5.08. The fraction of sp³-hybridized carbons (Fsp3) is 1.00. The highest BCUT2D eigenvalue weighted by molar-refractivity contribution is 4.83. The van der Waals surface area contributed by atoms with Crippen LogP contribution in [0.3, 0.4) is 0 Å². The van der Waals surface area contributed by atoms with Crippen LogP contribution in [0.5, 0.6) is 0 Å². The van der Waals surface area contributed by atoms with E-state index in [1.54, 1.807) is 6.92 Å². The van der Waals surface area contributed by atoms with Gasteiger partial charge in [0.2, 0.25) is 0 Å². The summed E-state index contributed by atoms with van der Waals surface area (Å²) in [6.07, 6.45) is -1.68. The Labute approximate surface area is 102 Å². The van der Waals surface area contributed by atoms with E-state index in [9.17, 15) is 13.2 Å². The van der Waals surface area contributed by atoms with E-state index in [2.05, 4.69) is 5.32 Å². The third kappa shape index (κ3) is 5.73. The van der Waals surface area contributed by atoms with Crippen molar-refractivity contribution in [1.82, 2.24) is 10.2 Å². The Bertz CT molecular complexity index is 226. The van der Waals surface area contributed by atoms with Crippen LogP contribution in [-0.2, 0) is 0 Å². The Morgan fingerprint density at radius 2 is 1.88 bits per heavy atom. The zero-order chi connectivity index (χ0) is 13.1. The second-order valence-corrected chi connectivity index (χ2v) is 5.08. The number of halogens is 3. The van der Waals surface area contributed by atoms with E-state index in [1.807, 2.05) is 13.8 Å². The smallest absolute Gasteiger partial charge is 0.314 e. The minimum absolute atomic E-state index is 0.0483. The molecule has 0 saturated heterocycles. The van der Waals surface area contributed by atoms with Crippen molar-refractivity contribution in [2.24, 2.45) is 5.92 Å². The van der Waals surface area contributed by atoms with Gasteiger partial charge in [-0.1, -0.05) is 13.8 Å². The summed E-state index contributed by atoms with van der Waals surface area (Å²) in [6.45, 7) is 6.11. The molecule has 1 aliphatic carbocycles. The third-order valence-corrected chi connectivity index (χ3v) is 3.49. The number of alkyl halides is 3. The molecule has 0 aromatic carbocycles. The van der Waals surface area contributed by atoms with Gasteiger partial charge in [0.05, 0.1) is 6.54 Å². The number of hydrogen-bond acceptors (Lipinski definition) is 2. The zero-order valence-corrected chi connectivity index (χ0v) is 10.8. The summed E-state index contributed by atoms with van der Waals surface area (Å²) in [5, 5.41) is 3.37. The molecule has 0 aliphatic heterocycles. The van der Waals surface area contributed by atoms with Gasteiger partial charge in [-0.15, -0.1) is 0 Å². The summed E-state index contributed by atoms with van der Waals surface area (Å²) >= 11 is 0. The molecule has 102 valence electrons. The average Bonchev–Trinajstić information content (AvgIpc) is 3.04. The van der Waals surface area contributed by atoms with Crippen molar-refractivity contribution in [2.75, 3.05) is 19.6 Å². The van der Waals surface area contributed by atoms with E-state index in [0.29, 0.717) is 12.6 Å². The molecular weight excluding hydrogens is 229 g/mol. The van der Waals surface area contributed by atoms with E-state index in [0.717, 1.165) is 6.54 Å². The summed E-state index contributed by atoms with van der Waals surface area (Å²) in [6, 6.07) is 0.565. The molecule has 0 heterocycles.